The van der Waals surface area contributed by atoms with Gasteiger partial charge in [-0.25, -0.2) is 8.78 Å². The first-order valence-electron chi connectivity index (χ1n) is 5.42. The van der Waals surface area contributed by atoms with Crippen molar-refractivity contribution in [3.05, 3.63) is 65.5 Å². The molecule has 0 amide bonds. The molecule has 1 heterocycles. The third kappa shape index (κ3) is 2.63. The summed E-state index contributed by atoms with van der Waals surface area (Å²) >= 11 is 0. The van der Waals surface area contributed by atoms with Crippen LogP contribution in [-0.2, 0) is 0 Å². The molecule has 0 aliphatic rings. The smallest absolute Gasteiger partial charge is 0.187 e. The van der Waals surface area contributed by atoms with E-state index < -0.39 is 28.9 Å². The van der Waals surface area contributed by atoms with E-state index in [-0.39, 0.29) is 0 Å². The van der Waals surface area contributed by atoms with Crippen LogP contribution in [0.3, 0.4) is 0 Å². The van der Waals surface area contributed by atoms with Crippen molar-refractivity contribution in [3.8, 4) is 6.07 Å². The third-order valence-electron chi connectivity index (χ3n) is 2.60. The van der Waals surface area contributed by atoms with Gasteiger partial charge in [-0.15, -0.1) is 0 Å². The monoisotopic (exact) mass is 258 g/mol. The van der Waals surface area contributed by atoms with Crippen LogP contribution in [0.15, 0.2) is 42.7 Å². The van der Waals surface area contributed by atoms with E-state index in [1.165, 1.54) is 18.5 Å². The van der Waals surface area contributed by atoms with Crippen LogP contribution < -0.4 is 0 Å². The van der Waals surface area contributed by atoms with E-state index in [9.17, 15) is 13.6 Å². The highest BCUT2D eigenvalue weighted by molar-refractivity contribution is 6.02. The molecule has 0 N–H and O–H groups in total. The van der Waals surface area contributed by atoms with Crippen molar-refractivity contribution in [2.75, 3.05) is 0 Å². The van der Waals surface area contributed by atoms with Crippen molar-refractivity contribution >= 4 is 5.78 Å². The maximum absolute atomic E-state index is 13.5. The molecule has 0 saturated carbocycles. The van der Waals surface area contributed by atoms with E-state index in [4.69, 9.17) is 5.26 Å². The molecule has 1 atom stereocenters. The molecule has 2 aromatic rings. The molecule has 94 valence electrons. The van der Waals surface area contributed by atoms with Crippen LogP contribution in [-0.4, -0.2) is 10.8 Å². The molecule has 0 aliphatic carbocycles. The maximum Gasteiger partial charge on any atom is 0.187 e. The fourth-order valence-electron chi connectivity index (χ4n) is 1.67. The number of ketones is 1. The number of benzene rings is 1. The summed E-state index contributed by atoms with van der Waals surface area (Å²) in [6, 6.07) is 7.45. The zero-order chi connectivity index (χ0) is 13.8. The summed E-state index contributed by atoms with van der Waals surface area (Å²) in [5.41, 5.74) is -0.0888. The minimum Gasteiger partial charge on any atom is -0.292 e. The molecule has 3 nitrogen and oxygen atoms in total. The number of nitriles is 1. The highest BCUT2D eigenvalue weighted by Crippen LogP contribution is 2.22. The fourth-order valence-corrected chi connectivity index (χ4v) is 1.67. The maximum atomic E-state index is 13.5. The van der Waals surface area contributed by atoms with Crippen LogP contribution in [0.2, 0.25) is 0 Å². The van der Waals surface area contributed by atoms with Gasteiger partial charge in [-0.1, -0.05) is 6.07 Å². The lowest BCUT2D eigenvalue weighted by Gasteiger charge is -2.08. The van der Waals surface area contributed by atoms with Gasteiger partial charge in [0, 0.05) is 12.4 Å². The first-order chi connectivity index (χ1) is 9.13. The number of pyridine rings is 1. The number of Topliss-reactive ketones (excluding diaryl/α,β-unsaturated/α-hetero) is 1. The van der Waals surface area contributed by atoms with E-state index in [2.05, 4.69) is 4.98 Å². The largest absolute Gasteiger partial charge is 0.292 e. The second kappa shape index (κ2) is 5.36. The highest BCUT2D eigenvalue weighted by atomic mass is 19.1. The topological polar surface area (TPSA) is 53.8 Å². The standard InChI is InChI=1S/C14H8F2N2O/c15-10-3-4-13(16)11(6-10)14(19)12(7-17)9-2-1-5-18-8-9/h1-6,8,12H. The molecule has 0 spiro atoms. The molecule has 1 unspecified atom stereocenters. The van der Waals surface area contributed by atoms with Crippen LogP contribution in [0.4, 0.5) is 8.78 Å². The highest BCUT2D eigenvalue weighted by Gasteiger charge is 2.24. The van der Waals surface area contributed by atoms with Crippen LogP contribution in [0.5, 0.6) is 0 Å². The van der Waals surface area contributed by atoms with Crippen molar-refractivity contribution in [1.29, 1.82) is 5.26 Å². The van der Waals surface area contributed by atoms with Crippen LogP contribution in [0, 0.1) is 23.0 Å². The van der Waals surface area contributed by atoms with E-state index in [1.807, 2.05) is 0 Å². The van der Waals surface area contributed by atoms with Crippen LogP contribution >= 0.6 is 0 Å². The molecule has 2 rings (SSSR count). The summed E-state index contributed by atoms with van der Waals surface area (Å²) in [5.74, 6) is -3.57. The molecule has 0 aliphatic heterocycles. The van der Waals surface area contributed by atoms with Gasteiger partial charge < -0.3 is 0 Å². The quantitative estimate of drug-likeness (QED) is 0.795. The molecule has 0 fully saturated rings. The number of carbonyl (C=O) groups excluding carboxylic acids is 1. The first-order valence-corrected chi connectivity index (χ1v) is 5.42. The number of hydrogen-bond donors (Lipinski definition) is 0. The SMILES string of the molecule is N#CC(C(=O)c1cc(F)ccc1F)c1cccnc1. The molecule has 1 aromatic carbocycles. The Bertz CT molecular complexity index is 650. The van der Waals surface area contributed by atoms with Crippen molar-refractivity contribution < 1.29 is 13.6 Å². The number of halogens is 2. The number of carbonyl (C=O) groups is 1. The molecular formula is C14H8F2N2O. The molecule has 5 heteroatoms. The van der Waals surface area contributed by atoms with Crippen molar-refractivity contribution in [3.63, 3.8) is 0 Å². The summed E-state index contributed by atoms with van der Waals surface area (Å²) in [7, 11) is 0. The normalized spacial score (nSPS) is 11.6. The second-order valence-corrected chi connectivity index (χ2v) is 3.84. The summed E-state index contributed by atoms with van der Waals surface area (Å²) < 4.78 is 26.6. The van der Waals surface area contributed by atoms with Crippen LogP contribution in [0.1, 0.15) is 21.8 Å². The Morgan fingerprint density at radius 2 is 2.11 bits per heavy atom. The fraction of sp³-hybridized carbons (Fsp3) is 0.0714. The molecule has 0 radical (unpaired) electrons. The van der Waals surface area contributed by atoms with Gasteiger partial charge in [-0.05, 0) is 29.8 Å². The molecule has 1 aromatic heterocycles. The van der Waals surface area contributed by atoms with Gasteiger partial charge in [0.1, 0.15) is 17.6 Å². The average Bonchev–Trinajstić information content (AvgIpc) is 2.43. The van der Waals surface area contributed by atoms with E-state index >= 15 is 0 Å². The zero-order valence-electron chi connectivity index (χ0n) is 9.68. The Hall–Kier alpha value is -2.61. The molecular weight excluding hydrogens is 250 g/mol. The van der Waals surface area contributed by atoms with Gasteiger partial charge in [0.05, 0.1) is 11.6 Å². The zero-order valence-corrected chi connectivity index (χ0v) is 9.68. The van der Waals surface area contributed by atoms with Gasteiger partial charge in [0.15, 0.2) is 5.78 Å². The number of aromatic nitrogens is 1. The number of rotatable bonds is 3. The minimum absolute atomic E-state index is 0.346. The summed E-state index contributed by atoms with van der Waals surface area (Å²) in [6.45, 7) is 0. The predicted molar refractivity (Wildman–Crippen MR) is 63.3 cm³/mol. The Labute approximate surface area is 108 Å². The molecule has 0 saturated heterocycles. The van der Waals surface area contributed by atoms with Gasteiger partial charge in [0.25, 0.3) is 0 Å². The first kappa shape index (κ1) is 12.8. The lowest BCUT2D eigenvalue weighted by molar-refractivity contribution is 0.0974. The van der Waals surface area contributed by atoms with Crippen molar-refractivity contribution in [2.45, 2.75) is 5.92 Å². The number of nitrogens with zero attached hydrogens (tertiary/aromatic N) is 2. The third-order valence-corrected chi connectivity index (χ3v) is 2.60. The Kier molecular flexibility index (Phi) is 3.62. The van der Waals surface area contributed by atoms with E-state index in [0.717, 1.165) is 18.2 Å². The number of hydrogen-bond acceptors (Lipinski definition) is 3. The lowest BCUT2D eigenvalue weighted by atomic mass is 9.92. The lowest BCUT2D eigenvalue weighted by Crippen LogP contribution is -2.13. The minimum atomic E-state index is -1.20. The van der Waals surface area contributed by atoms with Gasteiger partial charge >= 0.3 is 0 Å². The Balaban J connectivity index is 2.43. The van der Waals surface area contributed by atoms with E-state index in [0.29, 0.717) is 5.56 Å². The average molecular weight is 258 g/mol. The summed E-state index contributed by atoms with van der Waals surface area (Å²) in [6.07, 6.45) is 2.84. The Morgan fingerprint density at radius 3 is 2.74 bits per heavy atom. The van der Waals surface area contributed by atoms with Crippen LogP contribution in [0.25, 0.3) is 0 Å². The van der Waals surface area contributed by atoms with Crippen molar-refractivity contribution in [1.82, 2.24) is 4.98 Å². The second-order valence-electron chi connectivity index (χ2n) is 3.84. The Morgan fingerprint density at radius 1 is 1.32 bits per heavy atom. The molecule has 0 bridgehead atoms. The van der Waals surface area contributed by atoms with E-state index in [1.54, 1.807) is 12.1 Å². The van der Waals surface area contributed by atoms with Gasteiger partial charge in [0.2, 0.25) is 0 Å². The van der Waals surface area contributed by atoms with Crippen molar-refractivity contribution in [2.24, 2.45) is 0 Å². The summed E-state index contributed by atoms with van der Waals surface area (Å²) in [5, 5.41) is 9.06. The predicted octanol–water partition coefficient (Wildman–Crippen LogP) is 2.85. The van der Waals surface area contributed by atoms with Gasteiger partial charge in [-0.2, -0.15) is 5.26 Å². The summed E-state index contributed by atoms with van der Waals surface area (Å²) in [4.78, 5) is 15.9. The molecule has 19 heavy (non-hydrogen) atoms. The van der Waals surface area contributed by atoms with Gasteiger partial charge in [-0.3, -0.25) is 9.78 Å².